The van der Waals surface area contributed by atoms with Crippen LogP contribution in [0.25, 0.3) is 0 Å². The van der Waals surface area contributed by atoms with Crippen molar-refractivity contribution in [2.24, 2.45) is 10.3 Å². The van der Waals surface area contributed by atoms with Crippen molar-refractivity contribution in [3.8, 4) is 0 Å². The number of benzene rings is 1. The van der Waals surface area contributed by atoms with Gasteiger partial charge in [-0.2, -0.15) is 8.42 Å². The SMILES string of the molecule is C=CCNC(=O)[C@@H](C)OC(=O)C1CCN(C2=NS(=O)(=O)c3ccccc32)CC1. The molecule has 3 rings (SSSR count). The average molecular weight is 405 g/mol. The van der Waals surface area contributed by atoms with Crippen LogP contribution in [0.3, 0.4) is 0 Å². The molecule has 150 valence electrons. The molecule has 0 aromatic heterocycles. The maximum Gasteiger partial charge on any atom is 0.309 e. The predicted molar refractivity (Wildman–Crippen MR) is 103 cm³/mol. The number of hydrogen-bond donors (Lipinski definition) is 1. The third-order valence-electron chi connectivity index (χ3n) is 4.82. The zero-order valence-corrected chi connectivity index (χ0v) is 16.4. The molecule has 0 aliphatic carbocycles. The van der Waals surface area contributed by atoms with Gasteiger partial charge in [0.15, 0.2) is 11.9 Å². The lowest BCUT2D eigenvalue weighted by Gasteiger charge is -2.32. The van der Waals surface area contributed by atoms with Crippen molar-refractivity contribution < 1.29 is 22.7 Å². The molecule has 2 aliphatic heterocycles. The molecule has 0 saturated carbocycles. The van der Waals surface area contributed by atoms with Gasteiger partial charge in [-0.05, 0) is 31.9 Å². The highest BCUT2D eigenvalue weighted by Crippen LogP contribution is 2.30. The highest BCUT2D eigenvalue weighted by Gasteiger charge is 2.35. The smallest absolute Gasteiger partial charge is 0.309 e. The van der Waals surface area contributed by atoms with Crippen LogP contribution in [0.1, 0.15) is 25.3 Å². The van der Waals surface area contributed by atoms with Crippen LogP contribution in [0.5, 0.6) is 0 Å². The molecule has 0 unspecified atom stereocenters. The molecule has 28 heavy (non-hydrogen) atoms. The van der Waals surface area contributed by atoms with Crippen molar-refractivity contribution in [1.29, 1.82) is 0 Å². The second-order valence-electron chi connectivity index (χ2n) is 6.76. The lowest BCUT2D eigenvalue weighted by atomic mass is 9.96. The Morgan fingerprint density at radius 2 is 2.04 bits per heavy atom. The first-order valence-electron chi connectivity index (χ1n) is 9.12. The van der Waals surface area contributed by atoms with Gasteiger partial charge in [0.25, 0.3) is 15.9 Å². The molecule has 2 aliphatic rings. The quantitative estimate of drug-likeness (QED) is 0.581. The fourth-order valence-corrected chi connectivity index (χ4v) is 4.51. The predicted octanol–water partition coefficient (Wildman–Crippen LogP) is 1.08. The number of amides is 1. The average Bonchev–Trinajstić information content (AvgIpc) is 2.97. The molecule has 1 atom stereocenters. The van der Waals surface area contributed by atoms with Crippen molar-refractivity contribution in [3.05, 3.63) is 42.5 Å². The summed E-state index contributed by atoms with van der Waals surface area (Å²) in [6.07, 6.45) is 1.68. The molecule has 8 nitrogen and oxygen atoms in total. The Balaban J connectivity index is 1.59. The topological polar surface area (TPSA) is 105 Å². The van der Waals surface area contributed by atoms with Gasteiger partial charge >= 0.3 is 5.97 Å². The number of carbonyl (C=O) groups is 2. The lowest BCUT2D eigenvalue weighted by molar-refractivity contribution is -0.159. The first-order chi connectivity index (χ1) is 13.3. The number of esters is 1. The Kier molecular flexibility index (Phi) is 5.83. The Labute approximate surface area is 164 Å². The zero-order chi connectivity index (χ0) is 20.3. The minimum absolute atomic E-state index is 0.214. The zero-order valence-electron chi connectivity index (χ0n) is 15.6. The monoisotopic (exact) mass is 405 g/mol. The van der Waals surface area contributed by atoms with E-state index in [0.29, 0.717) is 43.9 Å². The van der Waals surface area contributed by atoms with Crippen LogP contribution in [0.4, 0.5) is 0 Å². The molecule has 2 heterocycles. The number of rotatable bonds is 5. The first-order valence-corrected chi connectivity index (χ1v) is 10.6. The number of fused-ring (bicyclic) bond motifs is 1. The minimum Gasteiger partial charge on any atom is -0.452 e. The fourth-order valence-electron chi connectivity index (χ4n) is 3.28. The van der Waals surface area contributed by atoms with E-state index in [-0.39, 0.29) is 16.7 Å². The Morgan fingerprint density at radius 3 is 2.71 bits per heavy atom. The van der Waals surface area contributed by atoms with E-state index in [1.807, 2.05) is 4.90 Å². The van der Waals surface area contributed by atoms with Crippen LogP contribution in [0.2, 0.25) is 0 Å². The Morgan fingerprint density at radius 1 is 1.36 bits per heavy atom. The van der Waals surface area contributed by atoms with Crippen molar-refractivity contribution in [2.75, 3.05) is 19.6 Å². The van der Waals surface area contributed by atoms with E-state index in [2.05, 4.69) is 16.3 Å². The third-order valence-corrected chi connectivity index (χ3v) is 6.15. The number of nitrogens with one attached hydrogen (secondary N) is 1. The van der Waals surface area contributed by atoms with E-state index in [4.69, 9.17) is 4.74 Å². The summed E-state index contributed by atoms with van der Waals surface area (Å²) < 4.78 is 33.6. The lowest BCUT2D eigenvalue weighted by Crippen LogP contribution is -2.42. The summed E-state index contributed by atoms with van der Waals surface area (Å²) in [5.74, 6) is -0.686. The van der Waals surface area contributed by atoms with Gasteiger partial charge in [-0.15, -0.1) is 11.0 Å². The third kappa shape index (κ3) is 4.09. The summed E-state index contributed by atoms with van der Waals surface area (Å²) in [5.41, 5.74) is 0.594. The second kappa shape index (κ2) is 8.14. The van der Waals surface area contributed by atoms with Gasteiger partial charge < -0.3 is 15.0 Å². The number of hydrogen-bond acceptors (Lipinski definition) is 6. The van der Waals surface area contributed by atoms with Crippen LogP contribution in [0, 0.1) is 5.92 Å². The molecule has 1 aromatic carbocycles. The molecule has 1 saturated heterocycles. The second-order valence-corrected chi connectivity index (χ2v) is 8.33. The normalized spacial score (nSPS) is 19.3. The molecule has 1 fully saturated rings. The molecular formula is C19H23N3O5S. The number of carbonyl (C=O) groups excluding carboxylic acids is 2. The minimum atomic E-state index is -3.66. The standard InChI is InChI=1S/C19H23N3O5S/c1-3-10-20-18(23)13(2)27-19(24)14-8-11-22(12-9-14)17-15-6-4-5-7-16(15)28(25,26)21-17/h3-7,13-14H,1,8-12H2,2H3,(H,20,23)/t13-/m1/s1. The van der Waals surface area contributed by atoms with Crippen LogP contribution >= 0.6 is 0 Å². The summed E-state index contributed by atoms with van der Waals surface area (Å²) in [6, 6.07) is 6.73. The van der Waals surface area contributed by atoms with Gasteiger partial charge in [0.1, 0.15) is 4.90 Å². The highest BCUT2D eigenvalue weighted by atomic mass is 32.2. The van der Waals surface area contributed by atoms with Crippen LogP contribution < -0.4 is 5.32 Å². The van der Waals surface area contributed by atoms with Gasteiger partial charge in [-0.3, -0.25) is 9.59 Å². The number of sulfonamides is 1. The molecule has 0 spiro atoms. The molecule has 1 N–H and O–H groups in total. The summed E-state index contributed by atoms with van der Waals surface area (Å²) in [5, 5.41) is 2.59. The molecule has 0 bridgehead atoms. The van der Waals surface area contributed by atoms with Gasteiger partial charge in [-0.1, -0.05) is 18.2 Å². The summed E-state index contributed by atoms with van der Waals surface area (Å²) in [6.45, 7) is 6.33. The summed E-state index contributed by atoms with van der Waals surface area (Å²) >= 11 is 0. The molecule has 1 aromatic rings. The Bertz CT molecular complexity index is 917. The van der Waals surface area contributed by atoms with E-state index >= 15 is 0 Å². The molecule has 1 amide bonds. The number of amidine groups is 1. The van der Waals surface area contributed by atoms with Crippen molar-refractivity contribution in [3.63, 3.8) is 0 Å². The van der Waals surface area contributed by atoms with E-state index in [9.17, 15) is 18.0 Å². The first kappa shape index (κ1) is 20.1. The number of piperidine rings is 1. The van der Waals surface area contributed by atoms with E-state index < -0.39 is 22.1 Å². The van der Waals surface area contributed by atoms with Gasteiger partial charge in [0.2, 0.25) is 0 Å². The number of nitrogens with zero attached hydrogens (tertiary/aromatic N) is 2. The van der Waals surface area contributed by atoms with Gasteiger partial charge in [-0.25, -0.2) is 0 Å². The Hall–Kier alpha value is -2.68. The van der Waals surface area contributed by atoms with E-state index in [1.165, 1.54) is 6.92 Å². The van der Waals surface area contributed by atoms with Gasteiger partial charge in [0, 0.05) is 25.2 Å². The van der Waals surface area contributed by atoms with E-state index in [0.717, 1.165) is 0 Å². The molecule has 9 heteroatoms. The largest absolute Gasteiger partial charge is 0.452 e. The van der Waals surface area contributed by atoms with E-state index in [1.54, 1.807) is 30.3 Å². The summed E-state index contributed by atoms with van der Waals surface area (Å²) in [4.78, 5) is 26.3. The van der Waals surface area contributed by atoms with Crippen molar-refractivity contribution >= 4 is 27.7 Å². The number of likely N-dealkylation sites (tertiary alicyclic amines) is 1. The fraction of sp³-hybridized carbons (Fsp3) is 0.421. The van der Waals surface area contributed by atoms with Crippen LogP contribution in [-0.4, -0.2) is 56.8 Å². The van der Waals surface area contributed by atoms with Gasteiger partial charge in [0.05, 0.1) is 5.92 Å². The molecule has 0 radical (unpaired) electrons. The van der Waals surface area contributed by atoms with Crippen molar-refractivity contribution in [2.45, 2.75) is 30.8 Å². The van der Waals surface area contributed by atoms with Crippen LogP contribution in [-0.2, 0) is 24.3 Å². The van der Waals surface area contributed by atoms with Crippen molar-refractivity contribution in [1.82, 2.24) is 10.2 Å². The summed E-state index contributed by atoms with van der Waals surface area (Å²) in [7, 11) is -3.66. The highest BCUT2D eigenvalue weighted by molar-refractivity contribution is 7.90. The maximum absolute atomic E-state index is 12.3. The van der Waals surface area contributed by atoms with Crippen LogP contribution in [0.15, 0.2) is 46.2 Å². The number of ether oxygens (including phenoxy) is 1. The molecular weight excluding hydrogens is 382 g/mol. The maximum atomic E-state index is 12.3.